The van der Waals surface area contributed by atoms with Crippen LogP contribution in [0.15, 0.2) is 72.8 Å². The van der Waals surface area contributed by atoms with Crippen LogP contribution >= 0.6 is 0 Å². The molecule has 0 atom stereocenters. The van der Waals surface area contributed by atoms with Crippen molar-refractivity contribution >= 4 is 23.2 Å². The summed E-state index contributed by atoms with van der Waals surface area (Å²) in [7, 11) is 0. The summed E-state index contributed by atoms with van der Waals surface area (Å²) in [5, 5.41) is 8.78. The van der Waals surface area contributed by atoms with Crippen LogP contribution in [0, 0.1) is 6.92 Å². The molecule has 2 amide bonds. The predicted molar refractivity (Wildman–Crippen MR) is 124 cm³/mol. The van der Waals surface area contributed by atoms with Gasteiger partial charge in [-0.3, -0.25) is 9.59 Å². The summed E-state index contributed by atoms with van der Waals surface area (Å²) in [6.07, 6.45) is 0. The maximum Gasteiger partial charge on any atom is 0.253 e. The van der Waals surface area contributed by atoms with Crippen molar-refractivity contribution in [3.05, 3.63) is 89.5 Å². The summed E-state index contributed by atoms with van der Waals surface area (Å²) in [6.45, 7) is 5.05. The van der Waals surface area contributed by atoms with Crippen LogP contribution in [-0.2, 0) is 11.3 Å². The van der Waals surface area contributed by atoms with Crippen LogP contribution in [0.25, 0.3) is 0 Å². The number of carbonyl (C=O) groups excluding carboxylic acids is 2. The number of rotatable bonds is 9. The molecule has 0 bridgehead atoms. The second-order valence-electron chi connectivity index (χ2n) is 7.07. The highest BCUT2D eigenvalue weighted by molar-refractivity contribution is 6.04. The Bertz CT molecular complexity index is 1010. The van der Waals surface area contributed by atoms with E-state index >= 15 is 0 Å². The number of anilines is 2. The van der Waals surface area contributed by atoms with E-state index in [1.165, 1.54) is 5.56 Å². The lowest BCUT2D eigenvalue weighted by Gasteiger charge is -2.12. The van der Waals surface area contributed by atoms with Crippen molar-refractivity contribution in [2.45, 2.75) is 20.4 Å². The van der Waals surface area contributed by atoms with E-state index < -0.39 is 0 Å². The van der Waals surface area contributed by atoms with Crippen molar-refractivity contribution in [1.82, 2.24) is 5.32 Å². The van der Waals surface area contributed by atoms with Crippen LogP contribution in [0.2, 0.25) is 0 Å². The third kappa shape index (κ3) is 6.60. The van der Waals surface area contributed by atoms with Crippen LogP contribution in [0.5, 0.6) is 5.75 Å². The molecule has 3 aromatic rings. The molecule has 0 fully saturated rings. The third-order valence-electron chi connectivity index (χ3n) is 4.64. The first-order chi connectivity index (χ1) is 15.0. The summed E-state index contributed by atoms with van der Waals surface area (Å²) in [4.78, 5) is 25.1. The SMILES string of the molecule is CCOc1ccc(NCC(=O)Nc2ccccc2C(=O)NCc2ccc(C)cc2)cc1. The smallest absolute Gasteiger partial charge is 0.253 e. The standard InChI is InChI=1S/C25H27N3O3/c1-3-31-21-14-12-20(13-15-21)26-17-24(29)28-23-7-5-4-6-22(23)25(30)27-16-19-10-8-18(2)9-11-19/h4-15,26H,3,16-17H2,1-2H3,(H,27,30)(H,28,29). The molecule has 0 spiro atoms. The Morgan fingerprint density at radius 1 is 0.903 bits per heavy atom. The number of ether oxygens (including phenoxy) is 1. The Kier molecular flexibility index (Phi) is 7.65. The highest BCUT2D eigenvalue weighted by atomic mass is 16.5. The molecule has 6 heteroatoms. The lowest BCUT2D eigenvalue weighted by atomic mass is 10.1. The summed E-state index contributed by atoms with van der Waals surface area (Å²) in [5.41, 5.74) is 3.89. The fourth-order valence-electron chi connectivity index (χ4n) is 2.99. The average molecular weight is 418 g/mol. The monoisotopic (exact) mass is 417 g/mol. The molecule has 0 aliphatic heterocycles. The third-order valence-corrected chi connectivity index (χ3v) is 4.64. The van der Waals surface area contributed by atoms with Crippen molar-refractivity contribution in [1.29, 1.82) is 0 Å². The van der Waals surface area contributed by atoms with Gasteiger partial charge in [0.05, 0.1) is 24.4 Å². The van der Waals surface area contributed by atoms with E-state index in [9.17, 15) is 9.59 Å². The maximum absolute atomic E-state index is 12.7. The number of hydrogen-bond donors (Lipinski definition) is 3. The van der Waals surface area contributed by atoms with Crippen LogP contribution < -0.4 is 20.7 Å². The van der Waals surface area contributed by atoms with Crippen LogP contribution in [0.3, 0.4) is 0 Å². The predicted octanol–water partition coefficient (Wildman–Crippen LogP) is 4.37. The molecule has 0 aromatic heterocycles. The molecule has 0 saturated heterocycles. The van der Waals surface area contributed by atoms with Crippen molar-refractivity contribution < 1.29 is 14.3 Å². The summed E-state index contributed by atoms with van der Waals surface area (Å²) in [6, 6.07) is 22.3. The van der Waals surface area contributed by atoms with E-state index in [0.29, 0.717) is 24.4 Å². The zero-order valence-electron chi connectivity index (χ0n) is 17.8. The van der Waals surface area contributed by atoms with Crippen molar-refractivity contribution in [3.8, 4) is 5.75 Å². The Hall–Kier alpha value is -3.80. The van der Waals surface area contributed by atoms with Crippen LogP contribution in [-0.4, -0.2) is 25.0 Å². The fraction of sp³-hybridized carbons (Fsp3) is 0.200. The largest absolute Gasteiger partial charge is 0.494 e. The molecule has 0 heterocycles. The van der Waals surface area contributed by atoms with Gasteiger partial charge in [-0.05, 0) is 55.8 Å². The van der Waals surface area contributed by atoms with Gasteiger partial charge in [0, 0.05) is 12.2 Å². The maximum atomic E-state index is 12.7. The molecule has 0 aliphatic carbocycles. The molecule has 0 saturated carbocycles. The molecule has 0 radical (unpaired) electrons. The quantitative estimate of drug-likeness (QED) is 0.483. The zero-order valence-corrected chi connectivity index (χ0v) is 17.8. The Balaban J connectivity index is 1.55. The molecular weight excluding hydrogens is 390 g/mol. The van der Waals surface area contributed by atoms with Gasteiger partial charge < -0.3 is 20.7 Å². The number of amides is 2. The molecule has 3 rings (SSSR count). The molecular formula is C25H27N3O3. The number of nitrogens with one attached hydrogen (secondary N) is 3. The number of hydrogen-bond acceptors (Lipinski definition) is 4. The van der Waals surface area contributed by atoms with Crippen molar-refractivity contribution in [2.75, 3.05) is 23.8 Å². The molecule has 0 aliphatic rings. The lowest BCUT2D eigenvalue weighted by molar-refractivity contribution is -0.114. The first-order valence-corrected chi connectivity index (χ1v) is 10.2. The summed E-state index contributed by atoms with van der Waals surface area (Å²) >= 11 is 0. The molecule has 0 unspecified atom stereocenters. The first kappa shape index (κ1) is 21.9. The second kappa shape index (κ2) is 10.8. The first-order valence-electron chi connectivity index (χ1n) is 10.2. The molecule has 3 N–H and O–H groups in total. The summed E-state index contributed by atoms with van der Waals surface area (Å²) < 4.78 is 5.41. The van der Waals surface area contributed by atoms with Crippen molar-refractivity contribution in [2.24, 2.45) is 0 Å². The van der Waals surface area contributed by atoms with Gasteiger partial charge in [-0.1, -0.05) is 42.0 Å². The van der Waals surface area contributed by atoms with E-state index in [-0.39, 0.29) is 18.4 Å². The van der Waals surface area contributed by atoms with Gasteiger partial charge in [-0.15, -0.1) is 0 Å². The zero-order chi connectivity index (χ0) is 22.1. The van der Waals surface area contributed by atoms with Gasteiger partial charge in [0.25, 0.3) is 5.91 Å². The van der Waals surface area contributed by atoms with E-state index in [1.54, 1.807) is 24.3 Å². The second-order valence-corrected chi connectivity index (χ2v) is 7.07. The van der Waals surface area contributed by atoms with Gasteiger partial charge in [-0.25, -0.2) is 0 Å². The lowest BCUT2D eigenvalue weighted by Crippen LogP contribution is -2.26. The molecule has 6 nitrogen and oxygen atoms in total. The van der Waals surface area contributed by atoms with Gasteiger partial charge in [0.1, 0.15) is 5.75 Å². The minimum Gasteiger partial charge on any atom is -0.494 e. The Labute approximate surface area is 182 Å². The highest BCUT2D eigenvalue weighted by Gasteiger charge is 2.13. The molecule has 160 valence electrons. The van der Waals surface area contributed by atoms with Crippen LogP contribution in [0.4, 0.5) is 11.4 Å². The molecule has 31 heavy (non-hydrogen) atoms. The van der Waals surface area contributed by atoms with E-state index in [0.717, 1.165) is 17.0 Å². The Morgan fingerprint density at radius 2 is 1.61 bits per heavy atom. The minimum absolute atomic E-state index is 0.0767. The van der Waals surface area contributed by atoms with E-state index in [2.05, 4.69) is 16.0 Å². The van der Waals surface area contributed by atoms with Gasteiger partial charge in [-0.2, -0.15) is 0 Å². The van der Waals surface area contributed by atoms with Crippen molar-refractivity contribution in [3.63, 3.8) is 0 Å². The summed E-state index contributed by atoms with van der Waals surface area (Å²) in [5.74, 6) is 0.298. The van der Waals surface area contributed by atoms with Crippen LogP contribution in [0.1, 0.15) is 28.4 Å². The number of aryl methyl sites for hydroxylation is 1. The van der Waals surface area contributed by atoms with Gasteiger partial charge in [0.15, 0.2) is 0 Å². The normalized spacial score (nSPS) is 10.3. The van der Waals surface area contributed by atoms with E-state index in [4.69, 9.17) is 4.74 Å². The van der Waals surface area contributed by atoms with Gasteiger partial charge >= 0.3 is 0 Å². The minimum atomic E-state index is -0.243. The number of para-hydroxylation sites is 1. The Morgan fingerprint density at radius 3 is 2.32 bits per heavy atom. The fourth-order valence-corrected chi connectivity index (χ4v) is 2.99. The topological polar surface area (TPSA) is 79.5 Å². The van der Waals surface area contributed by atoms with E-state index in [1.807, 2.05) is 62.4 Å². The highest BCUT2D eigenvalue weighted by Crippen LogP contribution is 2.17. The number of benzene rings is 3. The average Bonchev–Trinajstić information content (AvgIpc) is 2.78. The molecule has 3 aromatic carbocycles. The van der Waals surface area contributed by atoms with Gasteiger partial charge in [0.2, 0.25) is 5.91 Å². The number of carbonyl (C=O) groups is 2.